The average Bonchev–Trinajstić information content (AvgIpc) is 3.10. The number of aromatic nitrogens is 5. The largest absolute Gasteiger partial charge is 0.448 e. The molecule has 1 aliphatic rings. The Morgan fingerprint density at radius 1 is 1.33 bits per heavy atom. The van der Waals surface area contributed by atoms with Gasteiger partial charge in [-0.15, -0.1) is 0 Å². The van der Waals surface area contributed by atoms with Gasteiger partial charge in [0.15, 0.2) is 5.69 Å². The Kier molecular flexibility index (Phi) is 3.56. The highest BCUT2D eigenvalue weighted by Crippen LogP contribution is 2.26. The molecule has 0 radical (unpaired) electrons. The molecule has 0 aromatic carbocycles. The highest BCUT2D eigenvalue weighted by molar-refractivity contribution is 5.92. The van der Waals surface area contributed by atoms with Crippen LogP contribution >= 0.6 is 0 Å². The van der Waals surface area contributed by atoms with Gasteiger partial charge in [-0.2, -0.15) is 15.0 Å². The van der Waals surface area contributed by atoms with Gasteiger partial charge in [-0.1, -0.05) is 0 Å². The summed E-state index contributed by atoms with van der Waals surface area (Å²) in [5.41, 5.74) is 1.91. The van der Waals surface area contributed by atoms with Crippen LogP contribution < -0.4 is 0 Å². The van der Waals surface area contributed by atoms with E-state index in [-0.39, 0.29) is 5.91 Å². The lowest BCUT2D eigenvalue weighted by molar-refractivity contribution is 0.0779. The van der Waals surface area contributed by atoms with Crippen LogP contribution in [0.2, 0.25) is 0 Å². The Morgan fingerprint density at radius 2 is 2.12 bits per heavy atom. The fourth-order valence-electron chi connectivity index (χ4n) is 2.44. The van der Waals surface area contributed by atoms with Crippen LogP contribution in [0.25, 0.3) is 5.69 Å². The topological polar surface area (TPSA) is 89.9 Å². The molecule has 0 bridgehead atoms. The second kappa shape index (κ2) is 5.88. The van der Waals surface area contributed by atoms with Gasteiger partial charge in [0, 0.05) is 18.8 Å². The number of oxazole rings is 1. The van der Waals surface area contributed by atoms with E-state index in [1.54, 1.807) is 30.5 Å². The highest BCUT2D eigenvalue weighted by atomic mass is 16.3. The standard InChI is InChI=1S/C16H16N6O2/c1-21(12-4-5-12)16(23)14-10-24-15(20-14)8-11-2-3-13(9-17-11)22-18-6-7-19-22/h2-3,6-7,9-10,12H,4-5,8H2,1H3. The van der Waals surface area contributed by atoms with E-state index < -0.39 is 0 Å². The molecular weight excluding hydrogens is 308 g/mol. The highest BCUT2D eigenvalue weighted by Gasteiger charge is 2.31. The van der Waals surface area contributed by atoms with Crippen molar-refractivity contribution < 1.29 is 9.21 Å². The number of nitrogens with zero attached hydrogens (tertiary/aromatic N) is 6. The molecule has 0 unspecified atom stereocenters. The molecule has 0 aliphatic heterocycles. The van der Waals surface area contributed by atoms with E-state index >= 15 is 0 Å². The number of hydrogen-bond acceptors (Lipinski definition) is 6. The molecule has 24 heavy (non-hydrogen) atoms. The minimum atomic E-state index is -0.0967. The smallest absolute Gasteiger partial charge is 0.275 e. The van der Waals surface area contributed by atoms with Crippen molar-refractivity contribution in [3.05, 3.63) is 54.3 Å². The lowest BCUT2D eigenvalue weighted by atomic mass is 10.2. The van der Waals surface area contributed by atoms with Gasteiger partial charge in [-0.25, -0.2) is 4.98 Å². The molecule has 3 aromatic heterocycles. The molecule has 8 heteroatoms. The van der Waals surface area contributed by atoms with Crippen LogP contribution in [0.3, 0.4) is 0 Å². The Hall–Kier alpha value is -3.03. The van der Waals surface area contributed by atoms with Crippen molar-refractivity contribution in [2.24, 2.45) is 0 Å². The van der Waals surface area contributed by atoms with E-state index in [1.165, 1.54) is 11.1 Å². The molecule has 1 fully saturated rings. The molecule has 0 N–H and O–H groups in total. The first-order chi connectivity index (χ1) is 11.7. The second-order valence-corrected chi connectivity index (χ2v) is 5.78. The van der Waals surface area contributed by atoms with Crippen LogP contribution in [0.4, 0.5) is 0 Å². The van der Waals surface area contributed by atoms with Crippen molar-refractivity contribution in [1.29, 1.82) is 0 Å². The molecule has 122 valence electrons. The molecule has 3 aromatic rings. The number of carbonyl (C=O) groups excluding carboxylic acids is 1. The van der Waals surface area contributed by atoms with Crippen LogP contribution in [0.5, 0.6) is 0 Å². The van der Waals surface area contributed by atoms with E-state index in [0.717, 1.165) is 24.2 Å². The molecule has 0 saturated heterocycles. The van der Waals surface area contributed by atoms with Crippen LogP contribution in [0, 0.1) is 0 Å². The summed E-state index contributed by atoms with van der Waals surface area (Å²) in [7, 11) is 1.80. The van der Waals surface area contributed by atoms with E-state index in [4.69, 9.17) is 4.42 Å². The summed E-state index contributed by atoms with van der Waals surface area (Å²) in [6.45, 7) is 0. The number of rotatable bonds is 5. The molecule has 8 nitrogen and oxygen atoms in total. The lowest BCUT2D eigenvalue weighted by Gasteiger charge is -2.13. The zero-order chi connectivity index (χ0) is 16.5. The zero-order valence-electron chi connectivity index (χ0n) is 13.2. The third-order valence-electron chi connectivity index (χ3n) is 3.98. The van der Waals surface area contributed by atoms with Crippen molar-refractivity contribution in [1.82, 2.24) is 29.9 Å². The molecule has 0 atom stereocenters. The normalized spacial score (nSPS) is 13.9. The van der Waals surface area contributed by atoms with Gasteiger partial charge in [-0.3, -0.25) is 9.78 Å². The first-order valence-electron chi connectivity index (χ1n) is 7.74. The van der Waals surface area contributed by atoms with E-state index in [0.29, 0.717) is 24.0 Å². The van der Waals surface area contributed by atoms with Crippen LogP contribution in [-0.2, 0) is 6.42 Å². The maximum Gasteiger partial charge on any atom is 0.275 e. The molecule has 3 heterocycles. The number of amides is 1. The first-order valence-corrected chi connectivity index (χ1v) is 7.74. The molecule has 1 amide bonds. The molecule has 1 saturated carbocycles. The molecule has 0 spiro atoms. The fraction of sp³-hybridized carbons (Fsp3) is 0.312. The van der Waals surface area contributed by atoms with E-state index in [2.05, 4.69) is 20.2 Å². The fourth-order valence-corrected chi connectivity index (χ4v) is 2.44. The molecule has 1 aliphatic carbocycles. The third-order valence-corrected chi connectivity index (χ3v) is 3.98. The Bertz CT molecular complexity index is 836. The summed E-state index contributed by atoms with van der Waals surface area (Å²) >= 11 is 0. The zero-order valence-corrected chi connectivity index (χ0v) is 13.2. The van der Waals surface area contributed by atoms with Crippen molar-refractivity contribution in [2.45, 2.75) is 25.3 Å². The average molecular weight is 324 g/mol. The quantitative estimate of drug-likeness (QED) is 0.706. The Morgan fingerprint density at radius 3 is 2.79 bits per heavy atom. The summed E-state index contributed by atoms with van der Waals surface area (Å²) in [5.74, 6) is 0.376. The Balaban J connectivity index is 1.45. The van der Waals surface area contributed by atoms with Crippen molar-refractivity contribution in [3.8, 4) is 5.69 Å². The van der Waals surface area contributed by atoms with E-state index in [1.807, 2.05) is 12.1 Å². The summed E-state index contributed by atoms with van der Waals surface area (Å²) < 4.78 is 5.41. The van der Waals surface area contributed by atoms with Gasteiger partial charge >= 0.3 is 0 Å². The summed E-state index contributed by atoms with van der Waals surface area (Å²) in [4.78, 5) is 24.1. The predicted octanol–water partition coefficient (Wildman–Crippen LogP) is 1.48. The summed E-state index contributed by atoms with van der Waals surface area (Å²) in [5, 5.41) is 8.10. The summed E-state index contributed by atoms with van der Waals surface area (Å²) in [6, 6.07) is 4.08. The second-order valence-electron chi connectivity index (χ2n) is 5.78. The predicted molar refractivity (Wildman–Crippen MR) is 83.6 cm³/mol. The number of pyridine rings is 1. The maximum atomic E-state index is 12.2. The molecule has 4 rings (SSSR count). The minimum Gasteiger partial charge on any atom is -0.448 e. The number of hydrogen-bond donors (Lipinski definition) is 0. The van der Waals surface area contributed by atoms with Gasteiger partial charge in [0.05, 0.1) is 25.0 Å². The molecular formula is C16H16N6O2. The maximum absolute atomic E-state index is 12.2. The van der Waals surface area contributed by atoms with Crippen molar-refractivity contribution in [3.63, 3.8) is 0 Å². The van der Waals surface area contributed by atoms with Gasteiger partial charge in [0.2, 0.25) is 5.89 Å². The monoisotopic (exact) mass is 324 g/mol. The Labute approximate surface area is 138 Å². The minimum absolute atomic E-state index is 0.0967. The van der Waals surface area contributed by atoms with Crippen LogP contribution in [-0.4, -0.2) is 48.9 Å². The lowest BCUT2D eigenvalue weighted by Crippen LogP contribution is -2.28. The van der Waals surface area contributed by atoms with Crippen molar-refractivity contribution >= 4 is 5.91 Å². The SMILES string of the molecule is CN(C(=O)c1coc(Cc2ccc(-n3nccn3)cn2)n1)C1CC1. The van der Waals surface area contributed by atoms with Gasteiger partial charge in [-0.05, 0) is 25.0 Å². The number of carbonyl (C=O) groups is 1. The van der Waals surface area contributed by atoms with Gasteiger partial charge in [0.1, 0.15) is 12.0 Å². The van der Waals surface area contributed by atoms with Crippen molar-refractivity contribution in [2.75, 3.05) is 7.05 Å². The third kappa shape index (κ3) is 2.90. The van der Waals surface area contributed by atoms with E-state index in [9.17, 15) is 4.79 Å². The van der Waals surface area contributed by atoms with Crippen LogP contribution in [0.15, 0.2) is 41.4 Å². The summed E-state index contributed by atoms with van der Waals surface area (Å²) in [6.07, 6.45) is 8.87. The van der Waals surface area contributed by atoms with Gasteiger partial charge < -0.3 is 9.32 Å². The van der Waals surface area contributed by atoms with Gasteiger partial charge in [0.25, 0.3) is 5.91 Å². The first kappa shape index (κ1) is 14.6. The van der Waals surface area contributed by atoms with Crippen LogP contribution in [0.1, 0.15) is 34.9 Å².